The van der Waals surface area contributed by atoms with E-state index in [2.05, 4.69) is 0 Å². The predicted octanol–water partition coefficient (Wildman–Crippen LogP) is -1.57. The molecule has 9 heteroatoms. The van der Waals surface area contributed by atoms with E-state index in [0.29, 0.717) is 0 Å². The molecule has 0 saturated heterocycles. The van der Waals surface area contributed by atoms with E-state index >= 15 is 0 Å². The van der Waals surface area contributed by atoms with Gasteiger partial charge in [0.15, 0.2) is 0 Å². The van der Waals surface area contributed by atoms with Gasteiger partial charge in [-0.3, -0.25) is 0 Å². The Kier molecular flexibility index (Phi) is 35.9. The maximum absolute atomic E-state index is 8.44. The van der Waals surface area contributed by atoms with Gasteiger partial charge in [-0.1, -0.05) is 0 Å². The number of hydrogen-bond donors (Lipinski definition) is 2. The standard InChI is InChI=1S/CH2O3.Ca.NO3.H3N/c2-1(3)4;;2-1(3)4;/h(H2,2,3,4);;;1H3/q;+2;-1;/p-1. The van der Waals surface area contributed by atoms with Crippen LogP contribution in [-0.2, 0) is 0 Å². The van der Waals surface area contributed by atoms with Gasteiger partial charge >= 0.3 is 37.7 Å². The smallest absolute Gasteiger partial charge is 0.565 e. The number of carboxylic acid groups (broad SMARTS) is 2. The third-order valence-corrected chi connectivity index (χ3v) is 0. The zero-order chi connectivity index (χ0) is 7.15. The molecule has 0 amide bonds. The summed E-state index contributed by atoms with van der Waals surface area (Å²) in [5.41, 5.74) is 0. The Morgan fingerprint density at radius 1 is 1.40 bits per heavy atom. The Balaban J connectivity index is -0.0000000300. The Labute approximate surface area is 85.1 Å². The van der Waals surface area contributed by atoms with Crippen LogP contribution in [0.25, 0.3) is 0 Å². The van der Waals surface area contributed by atoms with Gasteiger partial charge < -0.3 is 36.5 Å². The number of hydrogen-bond acceptors (Lipinski definition) is 6. The van der Waals surface area contributed by atoms with Crippen LogP contribution in [0.2, 0.25) is 0 Å². The average Bonchev–Trinajstić information content (AvgIpc) is 1.25. The summed E-state index contributed by atoms with van der Waals surface area (Å²) in [6, 6.07) is 0. The van der Waals surface area contributed by atoms with Gasteiger partial charge in [-0.05, 0) is 0 Å². The van der Waals surface area contributed by atoms with Gasteiger partial charge in [-0.25, -0.2) is 0 Å². The summed E-state index contributed by atoms with van der Waals surface area (Å²) in [5, 5.41) is 30.1. The van der Waals surface area contributed by atoms with Crippen LogP contribution in [0.4, 0.5) is 4.79 Å². The molecule has 0 saturated carbocycles. The third-order valence-electron chi connectivity index (χ3n) is 0. The first-order valence-corrected chi connectivity index (χ1v) is 1.18. The number of carbonyl (C=O) groups is 1. The van der Waals surface area contributed by atoms with Gasteiger partial charge in [-0.2, -0.15) is 0 Å². The molecular weight excluding hydrogens is 176 g/mol. The zero-order valence-electron chi connectivity index (χ0n) is 4.85. The number of rotatable bonds is 0. The van der Waals surface area contributed by atoms with Crippen molar-refractivity contribution in [3.8, 4) is 0 Å². The van der Waals surface area contributed by atoms with E-state index in [9.17, 15) is 0 Å². The van der Waals surface area contributed by atoms with Crippen molar-refractivity contribution in [1.82, 2.24) is 6.15 Å². The molecule has 0 aliphatic carbocycles. The van der Waals surface area contributed by atoms with E-state index in [1.807, 2.05) is 0 Å². The normalized spacial score (nSPS) is 4.80. The SMILES string of the molecule is N.O=C([O-])O.O=[N+]([O-])[O-].[Ca+2]. The Bertz CT molecular complexity index is 73.7. The van der Waals surface area contributed by atoms with Crippen molar-refractivity contribution in [1.29, 1.82) is 0 Å². The van der Waals surface area contributed by atoms with E-state index in [1.54, 1.807) is 0 Å². The van der Waals surface area contributed by atoms with Crippen molar-refractivity contribution in [2.45, 2.75) is 0 Å². The Morgan fingerprint density at radius 3 is 1.40 bits per heavy atom. The van der Waals surface area contributed by atoms with Crippen LogP contribution >= 0.6 is 0 Å². The van der Waals surface area contributed by atoms with E-state index in [0.717, 1.165) is 0 Å². The quantitative estimate of drug-likeness (QED) is 0.258. The van der Waals surface area contributed by atoms with Crippen molar-refractivity contribution in [2.75, 3.05) is 0 Å². The Hall–Kier alpha value is -0.310. The van der Waals surface area contributed by atoms with E-state index in [1.165, 1.54) is 0 Å². The molecule has 0 aliphatic heterocycles. The molecule has 0 unspecified atom stereocenters. The molecule has 0 spiro atoms. The van der Waals surface area contributed by atoms with Crippen LogP contribution in [0.5, 0.6) is 0 Å². The maximum atomic E-state index is 8.44. The molecule has 56 valence electrons. The van der Waals surface area contributed by atoms with Gasteiger partial charge in [0.2, 0.25) is 6.16 Å². The molecule has 10 heavy (non-hydrogen) atoms. The van der Waals surface area contributed by atoms with Gasteiger partial charge in [0, 0.05) is 0 Å². The van der Waals surface area contributed by atoms with Gasteiger partial charge in [0.1, 0.15) is 0 Å². The summed E-state index contributed by atoms with van der Waals surface area (Å²) < 4.78 is 0. The molecule has 8 nitrogen and oxygen atoms in total. The maximum Gasteiger partial charge on any atom is 2.00 e. The molecule has 0 aromatic heterocycles. The molecule has 0 aromatic rings. The largest absolute Gasteiger partial charge is 2.00 e. The predicted molar refractivity (Wildman–Crippen MR) is 29.2 cm³/mol. The molecule has 0 fully saturated rings. The average molecular weight is 180 g/mol. The van der Waals surface area contributed by atoms with Crippen molar-refractivity contribution in [3.63, 3.8) is 0 Å². The van der Waals surface area contributed by atoms with Crippen LogP contribution in [0.3, 0.4) is 0 Å². The molecule has 0 aliphatic rings. The van der Waals surface area contributed by atoms with Gasteiger partial charge in [0.25, 0.3) is 0 Å². The van der Waals surface area contributed by atoms with Crippen LogP contribution in [0.15, 0.2) is 0 Å². The van der Waals surface area contributed by atoms with Crippen molar-refractivity contribution in [2.24, 2.45) is 0 Å². The molecule has 0 bridgehead atoms. The fourth-order valence-corrected chi connectivity index (χ4v) is 0. The first-order valence-electron chi connectivity index (χ1n) is 1.18. The second kappa shape index (κ2) is 15.9. The fourth-order valence-electron chi connectivity index (χ4n) is 0. The summed E-state index contributed by atoms with van der Waals surface area (Å²) in [7, 11) is 0. The van der Waals surface area contributed by atoms with Crippen molar-refractivity contribution < 1.29 is 20.1 Å². The molecule has 4 N–H and O–H groups in total. The minimum atomic E-state index is -2.08. The summed E-state index contributed by atoms with van der Waals surface area (Å²) in [6.45, 7) is 0. The van der Waals surface area contributed by atoms with Crippen LogP contribution in [0.1, 0.15) is 0 Å². The molecule has 0 radical (unpaired) electrons. The Morgan fingerprint density at radius 2 is 1.40 bits per heavy atom. The number of nitrogens with zero attached hydrogens (tertiary/aromatic N) is 1. The van der Waals surface area contributed by atoms with Crippen LogP contribution in [0, 0.1) is 15.3 Å². The van der Waals surface area contributed by atoms with E-state index in [4.69, 9.17) is 30.3 Å². The first-order chi connectivity index (χ1) is 3.46. The zero-order valence-corrected chi connectivity index (χ0v) is 7.06. The molecule has 0 aromatic carbocycles. The third kappa shape index (κ3) is 3580. The summed E-state index contributed by atoms with van der Waals surface area (Å²) >= 11 is 0. The molecule has 0 heterocycles. The first kappa shape index (κ1) is 22.6. The summed E-state index contributed by atoms with van der Waals surface area (Å²) in [5.74, 6) is 0. The molecule has 0 atom stereocenters. The van der Waals surface area contributed by atoms with Crippen LogP contribution in [-0.4, -0.2) is 54.1 Å². The fraction of sp³-hybridized carbons (Fsp3) is 0. The second-order valence-corrected chi connectivity index (χ2v) is 0.490. The topological polar surface area (TPSA) is 162 Å². The molecule has 0 rings (SSSR count). The monoisotopic (exact) mass is 180 g/mol. The van der Waals surface area contributed by atoms with Gasteiger partial charge in [0.05, 0.1) is 5.09 Å². The van der Waals surface area contributed by atoms with Crippen LogP contribution < -0.4 is 11.3 Å². The van der Waals surface area contributed by atoms with Crippen molar-refractivity contribution >= 4 is 43.9 Å². The minimum Gasteiger partial charge on any atom is -0.565 e. The second-order valence-electron chi connectivity index (χ2n) is 0.490. The van der Waals surface area contributed by atoms with E-state index < -0.39 is 11.2 Å². The van der Waals surface area contributed by atoms with E-state index in [-0.39, 0.29) is 43.9 Å². The minimum absolute atomic E-state index is 0. The van der Waals surface area contributed by atoms with Gasteiger partial charge in [-0.15, -0.1) is 0 Å². The summed E-state index contributed by atoms with van der Waals surface area (Å²) in [6.07, 6.45) is -2.08. The van der Waals surface area contributed by atoms with Crippen molar-refractivity contribution in [3.05, 3.63) is 15.3 Å². The molecular formula is CH4CaN2O6. The summed E-state index contributed by atoms with van der Waals surface area (Å²) in [4.78, 5) is 16.7.